The predicted octanol–water partition coefficient (Wildman–Crippen LogP) is 5.09. The molecule has 1 fully saturated rings. The topological polar surface area (TPSA) is 98.5 Å². The van der Waals surface area contributed by atoms with E-state index in [0.717, 1.165) is 44.9 Å². The van der Waals surface area contributed by atoms with Gasteiger partial charge in [-0.05, 0) is 57.5 Å². The molecule has 0 spiro atoms. The van der Waals surface area contributed by atoms with Crippen LogP contribution >= 0.6 is 23.5 Å². The van der Waals surface area contributed by atoms with E-state index in [1.165, 1.54) is 17.9 Å². The van der Waals surface area contributed by atoms with Crippen molar-refractivity contribution in [2.45, 2.75) is 89.6 Å². The standard InChI is InChI=1S/C22H40N2O4S2/c1-20(2,17(25)24-5)11-6-8-13-22(29-15-10-16-30-22)14-9-7-12-21(3,4)18(26)28-19(23)27/h6-16H2,1-5H3,(H2,23,27)(H,24,25). The molecule has 0 aromatic heterocycles. The molecule has 0 unspecified atom stereocenters. The second kappa shape index (κ2) is 12.2. The van der Waals surface area contributed by atoms with Gasteiger partial charge < -0.3 is 15.8 Å². The van der Waals surface area contributed by atoms with Crippen molar-refractivity contribution in [3.05, 3.63) is 0 Å². The minimum absolute atomic E-state index is 0.108. The molecule has 174 valence electrons. The molecule has 0 aliphatic carbocycles. The van der Waals surface area contributed by atoms with Gasteiger partial charge in [-0.3, -0.25) is 9.59 Å². The van der Waals surface area contributed by atoms with Crippen LogP contribution < -0.4 is 11.1 Å². The average Bonchev–Trinajstić information content (AvgIpc) is 2.68. The summed E-state index contributed by atoms with van der Waals surface area (Å²) < 4.78 is 4.81. The monoisotopic (exact) mass is 460 g/mol. The van der Waals surface area contributed by atoms with E-state index in [9.17, 15) is 14.4 Å². The normalized spacial score (nSPS) is 16.7. The lowest BCUT2D eigenvalue weighted by Crippen LogP contribution is -2.34. The fourth-order valence-corrected chi connectivity index (χ4v) is 7.23. The van der Waals surface area contributed by atoms with E-state index in [-0.39, 0.29) is 15.4 Å². The summed E-state index contributed by atoms with van der Waals surface area (Å²) in [6, 6.07) is 0. The van der Waals surface area contributed by atoms with Crippen LogP contribution in [0.4, 0.5) is 4.79 Å². The highest BCUT2D eigenvalue weighted by Crippen LogP contribution is 2.49. The van der Waals surface area contributed by atoms with Crippen LogP contribution in [0.2, 0.25) is 0 Å². The number of nitrogens with one attached hydrogen (secondary N) is 1. The summed E-state index contributed by atoms with van der Waals surface area (Å²) in [5, 5.41) is 2.76. The molecule has 0 aromatic carbocycles. The molecule has 2 amide bonds. The number of carbonyl (C=O) groups excluding carboxylic acids is 3. The summed E-state index contributed by atoms with van der Waals surface area (Å²) in [4.78, 5) is 34.8. The summed E-state index contributed by atoms with van der Waals surface area (Å²) in [5.74, 6) is 1.96. The van der Waals surface area contributed by atoms with Gasteiger partial charge in [0.25, 0.3) is 0 Å². The molecule has 1 heterocycles. The third-order valence-electron chi connectivity index (χ3n) is 5.83. The van der Waals surface area contributed by atoms with Crippen molar-refractivity contribution < 1.29 is 19.1 Å². The molecule has 0 saturated carbocycles. The van der Waals surface area contributed by atoms with Crippen molar-refractivity contribution >= 4 is 41.5 Å². The molecule has 0 atom stereocenters. The molecule has 0 radical (unpaired) electrons. The predicted molar refractivity (Wildman–Crippen MR) is 127 cm³/mol. The molecule has 30 heavy (non-hydrogen) atoms. The van der Waals surface area contributed by atoms with Crippen LogP contribution in [0.1, 0.15) is 85.5 Å². The Kier molecular flexibility index (Phi) is 11.1. The third-order valence-corrected chi connectivity index (χ3v) is 9.39. The quantitative estimate of drug-likeness (QED) is 0.239. The number of carbonyl (C=O) groups is 3. The van der Waals surface area contributed by atoms with Gasteiger partial charge in [0, 0.05) is 12.5 Å². The lowest BCUT2D eigenvalue weighted by atomic mass is 9.85. The summed E-state index contributed by atoms with van der Waals surface area (Å²) >= 11 is 4.17. The molecule has 3 N–H and O–H groups in total. The molecule has 8 heteroatoms. The van der Waals surface area contributed by atoms with Crippen molar-refractivity contribution in [1.82, 2.24) is 5.32 Å². The van der Waals surface area contributed by atoms with Gasteiger partial charge in [0.15, 0.2) is 0 Å². The minimum Gasteiger partial charge on any atom is -0.376 e. The lowest BCUT2D eigenvalue weighted by Gasteiger charge is -2.37. The zero-order valence-corrected chi connectivity index (χ0v) is 20.9. The molecular formula is C22H40N2O4S2. The number of rotatable bonds is 12. The summed E-state index contributed by atoms with van der Waals surface area (Å²) in [5.41, 5.74) is 3.93. The van der Waals surface area contributed by atoms with Crippen LogP contribution in [0.25, 0.3) is 0 Å². The maximum atomic E-state index is 12.0. The van der Waals surface area contributed by atoms with Crippen molar-refractivity contribution in [3.63, 3.8) is 0 Å². The van der Waals surface area contributed by atoms with Gasteiger partial charge in [0.2, 0.25) is 5.91 Å². The number of primary amides is 1. The van der Waals surface area contributed by atoms with Crippen molar-refractivity contribution in [3.8, 4) is 0 Å². The smallest absolute Gasteiger partial charge is 0.376 e. The Bertz CT molecular complexity index is 588. The van der Waals surface area contributed by atoms with E-state index in [1.807, 2.05) is 13.8 Å². The maximum Gasteiger partial charge on any atom is 0.412 e. The fourth-order valence-electron chi connectivity index (χ4n) is 3.74. The summed E-state index contributed by atoms with van der Waals surface area (Å²) in [6.45, 7) is 7.62. The second-order valence-corrected chi connectivity index (χ2v) is 12.6. The zero-order valence-electron chi connectivity index (χ0n) is 19.3. The Balaban J connectivity index is 2.48. The van der Waals surface area contributed by atoms with Crippen LogP contribution in [0.3, 0.4) is 0 Å². The first kappa shape index (κ1) is 27.1. The van der Waals surface area contributed by atoms with E-state index in [1.54, 1.807) is 20.9 Å². The third kappa shape index (κ3) is 9.08. The van der Waals surface area contributed by atoms with Crippen molar-refractivity contribution in [2.75, 3.05) is 18.6 Å². The number of esters is 1. The SMILES string of the molecule is CNC(=O)C(C)(C)CCCCC1(CCCCC(C)(C)C(=O)OC(N)=O)SCCCS1. The Morgan fingerprint density at radius 1 is 0.933 bits per heavy atom. The van der Waals surface area contributed by atoms with Crippen molar-refractivity contribution in [1.29, 1.82) is 0 Å². The first-order valence-electron chi connectivity index (χ1n) is 11.0. The van der Waals surface area contributed by atoms with Crippen LogP contribution in [-0.2, 0) is 14.3 Å². The first-order chi connectivity index (χ1) is 13.9. The first-order valence-corrected chi connectivity index (χ1v) is 12.9. The number of unbranched alkanes of at least 4 members (excludes halogenated alkanes) is 2. The van der Waals surface area contributed by atoms with Crippen LogP contribution in [-0.4, -0.2) is 40.6 Å². The van der Waals surface area contributed by atoms with Crippen LogP contribution in [0.5, 0.6) is 0 Å². The van der Waals surface area contributed by atoms with Gasteiger partial charge >= 0.3 is 12.1 Å². The van der Waals surface area contributed by atoms with Crippen LogP contribution in [0.15, 0.2) is 0 Å². The number of ether oxygens (including phenoxy) is 1. The lowest BCUT2D eigenvalue weighted by molar-refractivity contribution is -0.147. The molecular weight excluding hydrogens is 420 g/mol. The molecule has 0 aromatic rings. The van der Waals surface area contributed by atoms with Gasteiger partial charge in [0.1, 0.15) is 0 Å². The van der Waals surface area contributed by atoms with E-state index in [2.05, 4.69) is 33.6 Å². The van der Waals surface area contributed by atoms with E-state index < -0.39 is 17.5 Å². The van der Waals surface area contributed by atoms with Gasteiger partial charge in [-0.25, -0.2) is 4.79 Å². The average molecular weight is 461 g/mol. The number of hydrogen-bond acceptors (Lipinski definition) is 6. The van der Waals surface area contributed by atoms with Gasteiger partial charge in [-0.1, -0.05) is 39.5 Å². The number of nitrogens with two attached hydrogens (primary N) is 1. The highest BCUT2D eigenvalue weighted by Gasteiger charge is 2.35. The molecule has 1 aliphatic rings. The Morgan fingerprint density at radius 2 is 1.43 bits per heavy atom. The molecule has 1 saturated heterocycles. The van der Waals surface area contributed by atoms with Gasteiger partial charge in [-0.2, -0.15) is 0 Å². The Morgan fingerprint density at radius 3 is 1.90 bits per heavy atom. The van der Waals surface area contributed by atoms with Crippen LogP contribution in [0, 0.1) is 10.8 Å². The molecule has 6 nitrogen and oxygen atoms in total. The van der Waals surface area contributed by atoms with Crippen molar-refractivity contribution in [2.24, 2.45) is 16.6 Å². The highest BCUT2D eigenvalue weighted by molar-refractivity contribution is 8.18. The molecule has 1 aliphatic heterocycles. The fraction of sp³-hybridized carbons (Fsp3) is 0.864. The number of hydrogen-bond donors (Lipinski definition) is 2. The maximum absolute atomic E-state index is 12.0. The minimum atomic E-state index is -1.04. The Hall–Kier alpha value is -0.890. The molecule has 1 rings (SSSR count). The van der Waals surface area contributed by atoms with E-state index >= 15 is 0 Å². The number of thioether (sulfide) groups is 2. The summed E-state index contributed by atoms with van der Waals surface area (Å²) in [7, 11) is 1.70. The largest absolute Gasteiger partial charge is 0.412 e. The van der Waals surface area contributed by atoms with E-state index in [0.29, 0.717) is 6.42 Å². The van der Waals surface area contributed by atoms with Gasteiger partial charge in [-0.15, -0.1) is 23.5 Å². The summed E-state index contributed by atoms with van der Waals surface area (Å²) in [6.07, 6.45) is 8.17. The van der Waals surface area contributed by atoms with Gasteiger partial charge in [0.05, 0.1) is 9.49 Å². The highest BCUT2D eigenvalue weighted by atomic mass is 32.2. The van der Waals surface area contributed by atoms with E-state index in [4.69, 9.17) is 5.73 Å². The number of amides is 2. The zero-order chi connectivity index (χ0) is 22.8. The molecule has 0 bridgehead atoms. The Labute approximate surface area is 190 Å². The second-order valence-electron chi connectivity index (χ2n) is 9.43.